The van der Waals surface area contributed by atoms with Crippen LogP contribution in [-0.4, -0.2) is 28.9 Å². The lowest BCUT2D eigenvalue weighted by atomic mass is 10.3. The number of methoxy groups -OCH3 is 1. The fraction of sp³-hybridized carbons (Fsp3) is 0.375. The lowest BCUT2D eigenvalue weighted by Gasteiger charge is -2.05. The van der Waals surface area contributed by atoms with Crippen LogP contribution in [0, 0.1) is 0 Å². The zero-order valence-corrected chi connectivity index (χ0v) is 14.3. The molecule has 2 rings (SSSR count). The van der Waals surface area contributed by atoms with Crippen molar-refractivity contribution in [2.45, 2.75) is 24.9 Å². The molecule has 8 heteroatoms. The van der Waals surface area contributed by atoms with E-state index in [0.717, 1.165) is 6.42 Å². The molecule has 0 aromatic carbocycles. The number of ether oxygens (including phenoxy) is 2. The van der Waals surface area contributed by atoms with Gasteiger partial charge in [0.25, 0.3) is 0 Å². The zero-order valence-electron chi connectivity index (χ0n) is 13.5. The highest BCUT2D eigenvalue weighted by molar-refractivity contribution is 7.83. The Morgan fingerprint density at radius 3 is 2.79 bits per heavy atom. The molecule has 0 fully saturated rings. The van der Waals surface area contributed by atoms with Crippen LogP contribution in [0.3, 0.4) is 0 Å². The monoisotopic (exact) mass is 353 g/mol. The van der Waals surface area contributed by atoms with Gasteiger partial charge in [0.2, 0.25) is 11.2 Å². The van der Waals surface area contributed by atoms with Crippen molar-refractivity contribution in [3.63, 3.8) is 0 Å². The van der Waals surface area contributed by atoms with Gasteiger partial charge in [-0.3, -0.25) is 9.00 Å². The number of rotatable bonds is 8. The zero-order chi connectivity index (χ0) is 17.5. The van der Waals surface area contributed by atoms with E-state index >= 15 is 0 Å². The van der Waals surface area contributed by atoms with Crippen LogP contribution in [0.1, 0.15) is 35.4 Å². The van der Waals surface area contributed by atoms with Crippen molar-refractivity contribution in [3.05, 3.63) is 51.8 Å². The molecule has 0 bridgehead atoms. The molecule has 0 aliphatic rings. The first-order chi connectivity index (χ1) is 11.5. The van der Waals surface area contributed by atoms with Crippen LogP contribution in [0.15, 0.2) is 33.6 Å². The van der Waals surface area contributed by atoms with Crippen LogP contribution in [0.2, 0.25) is 0 Å². The smallest absolute Gasteiger partial charge is 0.373 e. The maximum absolute atomic E-state index is 12.2. The Kier molecular flexibility index (Phi) is 6.36. The predicted octanol–water partition coefficient (Wildman–Crippen LogP) is 1.99. The standard InChI is InChI=1S/C16H19NO6S/c1-3-6-22-15-8-17-11(7-13(15)18)9-24(20)10-12-4-5-14(23-12)16(19)21-2/h4-5,7-8H,3,6,9-10H2,1-2H3,(H,17,18). The average molecular weight is 353 g/mol. The molecule has 2 aromatic rings. The Morgan fingerprint density at radius 2 is 2.12 bits per heavy atom. The lowest BCUT2D eigenvalue weighted by Crippen LogP contribution is -2.11. The van der Waals surface area contributed by atoms with Crippen molar-refractivity contribution in [3.8, 4) is 5.75 Å². The summed E-state index contributed by atoms with van der Waals surface area (Å²) in [6.07, 6.45) is 2.29. The molecule has 1 unspecified atom stereocenters. The van der Waals surface area contributed by atoms with E-state index < -0.39 is 16.8 Å². The van der Waals surface area contributed by atoms with E-state index in [1.165, 1.54) is 25.4 Å². The third-order valence-corrected chi connectivity index (χ3v) is 4.31. The SMILES string of the molecule is CCCOc1c[nH]c(CS(=O)Cc2ccc(C(=O)OC)o2)cc1=O. The minimum Gasteiger partial charge on any atom is -0.488 e. The Hall–Kier alpha value is -2.35. The number of carbonyl (C=O) groups is 1. The maximum atomic E-state index is 12.2. The van der Waals surface area contributed by atoms with E-state index in [9.17, 15) is 13.8 Å². The van der Waals surface area contributed by atoms with Crippen molar-refractivity contribution >= 4 is 16.8 Å². The van der Waals surface area contributed by atoms with E-state index in [-0.39, 0.29) is 28.4 Å². The van der Waals surface area contributed by atoms with Crippen molar-refractivity contribution in [2.75, 3.05) is 13.7 Å². The second kappa shape index (κ2) is 8.49. The molecule has 130 valence electrons. The summed E-state index contributed by atoms with van der Waals surface area (Å²) in [6.45, 7) is 2.42. The van der Waals surface area contributed by atoms with Crippen molar-refractivity contribution < 1.29 is 22.9 Å². The summed E-state index contributed by atoms with van der Waals surface area (Å²) < 4.78 is 27.3. The van der Waals surface area contributed by atoms with Gasteiger partial charge in [-0.05, 0) is 18.6 Å². The van der Waals surface area contributed by atoms with E-state index in [2.05, 4.69) is 9.72 Å². The van der Waals surface area contributed by atoms with Gasteiger partial charge < -0.3 is 18.9 Å². The molecule has 0 amide bonds. The lowest BCUT2D eigenvalue weighted by molar-refractivity contribution is 0.0563. The Balaban J connectivity index is 1.97. The number of esters is 1. The fourth-order valence-electron chi connectivity index (χ4n) is 1.96. The molecule has 0 aliphatic carbocycles. The second-order valence-corrected chi connectivity index (χ2v) is 6.48. The van der Waals surface area contributed by atoms with E-state index in [4.69, 9.17) is 9.15 Å². The van der Waals surface area contributed by atoms with E-state index in [0.29, 0.717) is 18.1 Å². The van der Waals surface area contributed by atoms with Gasteiger partial charge in [-0.1, -0.05) is 6.92 Å². The molecular formula is C16H19NO6S. The third kappa shape index (κ3) is 4.82. The Bertz CT molecular complexity index is 779. The number of carbonyl (C=O) groups excluding carboxylic acids is 1. The van der Waals surface area contributed by atoms with Gasteiger partial charge in [-0.25, -0.2) is 4.79 Å². The number of aromatic amines is 1. The van der Waals surface area contributed by atoms with Crippen LogP contribution >= 0.6 is 0 Å². The van der Waals surface area contributed by atoms with Gasteiger partial charge in [-0.2, -0.15) is 0 Å². The summed E-state index contributed by atoms with van der Waals surface area (Å²) in [5.41, 5.74) is 0.294. The summed E-state index contributed by atoms with van der Waals surface area (Å²) in [5, 5.41) is 0. The minimum absolute atomic E-state index is 0.0651. The number of nitrogens with one attached hydrogen (secondary N) is 1. The van der Waals surface area contributed by atoms with Gasteiger partial charge in [0.05, 0.1) is 25.2 Å². The largest absolute Gasteiger partial charge is 0.488 e. The van der Waals surface area contributed by atoms with Gasteiger partial charge in [0.1, 0.15) is 5.76 Å². The molecule has 0 radical (unpaired) electrons. The number of aromatic nitrogens is 1. The van der Waals surface area contributed by atoms with Crippen molar-refractivity contribution in [2.24, 2.45) is 0 Å². The topological polar surface area (TPSA) is 98.6 Å². The first-order valence-electron chi connectivity index (χ1n) is 7.40. The number of hydrogen-bond donors (Lipinski definition) is 1. The second-order valence-electron chi connectivity index (χ2n) is 5.02. The Morgan fingerprint density at radius 1 is 1.33 bits per heavy atom. The highest BCUT2D eigenvalue weighted by Crippen LogP contribution is 2.13. The summed E-state index contributed by atoms with van der Waals surface area (Å²) in [7, 11) is -0.0440. The van der Waals surface area contributed by atoms with Gasteiger partial charge in [-0.15, -0.1) is 0 Å². The molecule has 0 aliphatic heterocycles. The quantitative estimate of drug-likeness (QED) is 0.729. The van der Waals surface area contributed by atoms with E-state index in [1.54, 1.807) is 6.07 Å². The molecule has 1 N–H and O–H groups in total. The third-order valence-electron chi connectivity index (χ3n) is 3.07. The van der Waals surface area contributed by atoms with Crippen molar-refractivity contribution in [1.29, 1.82) is 0 Å². The number of furan rings is 1. The van der Waals surface area contributed by atoms with Gasteiger partial charge >= 0.3 is 5.97 Å². The van der Waals surface area contributed by atoms with Gasteiger partial charge in [0.15, 0.2) is 5.75 Å². The molecule has 2 aromatic heterocycles. The minimum atomic E-state index is -1.30. The van der Waals surface area contributed by atoms with Crippen LogP contribution in [-0.2, 0) is 27.0 Å². The molecule has 24 heavy (non-hydrogen) atoms. The molecule has 1 atom stereocenters. The molecule has 0 spiro atoms. The van der Waals surface area contributed by atoms with Crippen LogP contribution in [0.5, 0.6) is 5.75 Å². The predicted molar refractivity (Wildman–Crippen MR) is 88.4 cm³/mol. The van der Waals surface area contributed by atoms with E-state index in [1.807, 2.05) is 6.92 Å². The first kappa shape index (κ1) is 18.0. The van der Waals surface area contributed by atoms with Crippen LogP contribution < -0.4 is 10.2 Å². The summed E-state index contributed by atoms with van der Waals surface area (Å²) >= 11 is 0. The summed E-state index contributed by atoms with van der Waals surface area (Å²) in [5.74, 6) is 0.443. The van der Waals surface area contributed by atoms with Crippen molar-refractivity contribution in [1.82, 2.24) is 4.98 Å². The Labute approximate surface area is 141 Å². The average Bonchev–Trinajstić information content (AvgIpc) is 3.01. The molecule has 0 saturated carbocycles. The van der Waals surface area contributed by atoms with Crippen LogP contribution in [0.4, 0.5) is 0 Å². The molecule has 0 saturated heterocycles. The molecule has 2 heterocycles. The van der Waals surface area contributed by atoms with Gasteiger partial charge in [0, 0.05) is 28.8 Å². The summed E-state index contributed by atoms with van der Waals surface area (Å²) in [4.78, 5) is 26.1. The van der Waals surface area contributed by atoms with Crippen LogP contribution in [0.25, 0.3) is 0 Å². The first-order valence-corrected chi connectivity index (χ1v) is 8.88. The number of H-pyrrole nitrogens is 1. The normalized spacial score (nSPS) is 11.9. The maximum Gasteiger partial charge on any atom is 0.373 e. The number of pyridine rings is 1. The summed E-state index contributed by atoms with van der Waals surface area (Å²) in [6, 6.07) is 4.43. The number of hydrogen-bond acceptors (Lipinski definition) is 6. The highest BCUT2D eigenvalue weighted by Gasteiger charge is 2.13. The highest BCUT2D eigenvalue weighted by atomic mass is 32.2. The fourth-order valence-corrected chi connectivity index (χ4v) is 3.05. The molecule has 7 nitrogen and oxygen atoms in total. The molecular weight excluding hydrogens is 334 g/mol.